The van der Waals surface area contributed by atoms with E-state index in [2.05, 4.69) is 5.32 Å². The van der Waals surface area contributed by atoms with Gasteiger partial charge >= 0.3 is 5.97 Å². The minimum atomic E-state index is -3.20. The highest BCUT2D eigenvalue weighted by atomic mass is 32.2. The highest BCUT2D eigenvalue weighted by Crippen LogP contribution is 2.36. The van der Waals surface area contributed by atoms with E-state index in [0.717, 1.165) is 0 Å². The summed E-state index contributed by atoms with van der Waals surface area (Å²) in [5.74, 6) is -1.49. The molecule has 1 saturated heterocycles. The third-order valence-corrected chi connectivity index (χ3v) is 5.99. The van der Waals surface area contributed by atoms with Crippen molar-refractivity contribution in [1.29, 1.82) is 0 Å². The monoisotopic (exact) mass is 304 g/mol. The van der Waals surface area contributed by atoms with E-state index in [1.807, 2.05) is 0 Å². The van der Waals surface area contributed by atoms with Crippen LogP contribution < -0.4 is 5.32 Å². The summed E-state index contributed by atoms with van der Waals surface area (Å²) < 4.78 is 24.8. The molecule has 1 aliphatic carbocycles. The number of carboxylic acid groups (broad SMARTS) is 1. The molecule has 0 atom stereocenters. The highest BCUT2D eigenvalue weighted by Gasteiger charge is 2.52. The summed E-state index contributed by atoms with van der Waals surface area (Å²) in [7, 11) is -3.20. The first-order valence-electron chi connectivity index (χ1n) is 6.84. The quantitative estimate of drug-likeness (QED) is 0.731. The van der Waals surface area contributed by atoms with Crippen LogP contribution in [0.25, 0.3) is 0 Å². The first-order chi connectivity index (χ1) is 9.31. The summed E-state index contributed by atoms with van der Waals surface area (Å²) in [5, 5.41) is 11.6. The summed E-state index contributed by atoms with van der Waals surface area (Å²) in [6.07, 6.45) is 1.83. The maximum Gasteiger partial charge on any atom is 0.329 e. The molecule has 8 heteroatoms. The summed E-state index contributed by atoms with van der Waals surface area (Å²) >= 11 is 0. The molecule has 1 saturated carbocycles. The van der Waals surface area contributed by atoms with Gasteiger partial charge in [-0.3, -0.25) is 4.79 Å². The smallest absolute Gasteiger partial charge is 0.329 e. The highest BCUT2D eigenvalue weighted by molar-refractivity contribution is 7.89. The van der Waals surface area contributed by atoms with E-state index < -0.39 is 21.5 Å². The Morgan fingerprint density at radius 3 is 2.25 bits per heavy atom. The van der Waals surface area contributed by atoms with Crippen molar-refractivity contribution in [3.8, 4) is 0 Å². The maximum atomic E-state index is 12.0. The number of aliphatic carboxylic acids is 1. The molecule has 7 nitrogen and oxygen atoms in total. The van der Waals surface area contributed by atoms with Crippen LogP contribution in [0.2, 0.25) is 0 Å². The van der Waals surface area contributed by atoms with Crippen LogP contribution in [0.3, 0.4) is 0 Å². The Bertz CT molecular complexity index is 504. The number of amides is 1. The van der Waals surface area contributed by atoms with Gasteiger partial charge in [0.15, 0.2) is 0 Å². The number of sulfonamides is 1. The summed E-state index contributed by atoms with van der Waals surface area (Å²) in [6.45, 7) is 2.25. The van der Waals surface area contributed by atoms with Gasteiger partial charge in [-0.2, -0.15) is 0 Å². The molecule has 0 aromatic rings. The Hall–Kier alpha value is -1.15. The molecule has 0 aromatic heterocycles. The number of carboxylic acids is 1. The third kappa shape index (κ3) is 2.95. The van der Waals surface area contributed by atoms with Crippen LogP contribution >= 0.6 is 0 Å². The molecule has 0 bridgehead atoms. The van der Waals surface area contributed by atoms with E-state index in [9.17, 15) is 18.0 Å². The fourth-order valence-corrected chi connectivity index (χ4v) is 3.57. The molecule has 1 amide bonds. The first-order valence-corrected chi connectivity index (χ1v) is 8.45. The fraction of sp³-hybridized carbons (Fsp3) is 0.833. The zero-order chi connectivity index (χ0) is 15.0. The minimum Gasteiger partial charge on any atom is -0.480 e. The van der Waals surface area contributed by atoms with E-state index in [4.69, 9.17) is 5.11 Å². The lowest BCUT2D eigenvalue weighted by Gasteiger charge is -2.30. The van der Waals surface area contributed by atoms with Gasteiger partial charge in [-0.15, -0.1) is 0 Å². The predicted molar refractivity (Wildman–Crippen MR) is 71.5 cm³/mol. The number of rotatable bonds is 5. The molecule has 1 aliphatic heterocycles. The number of nitrogens with zero attached hydrogens (tertiary/aromatic N) is 1. The van der Waals surface area contributed by atoms with E-state index >= 15 is 0 Å². The maximum absolute atomic E-state index is 12.0. The van der Waals surface area contributed by atoms with Gasteiger partial charge in [0.05, 0.1) is 5.75 Å². The van der Waals surface area contributed by atoms with Crippen molar-refractivity contribution in [2.24, 2.45) is 5.92 Å². The first kappa shape index (κ1) is 15.2. The van der Waals surface area contributed by atoms with Gasteiger partial charge in [-0.05, 0) is 32.6 Å². The lowest BCUT2D eigenvalue weighted by molar-refractivity contribution is -0.144. The Balaban J connectivity index is 1.88. The molecular formula is C12H20N2O5S. The average molecular weight is 304 g/mol. The van der Waals surface area contributed by atoms with Gasteiger partial charge in [-0.25, -0.2) is 17.5 Å². The van der Waals surface area contributed by atoms with Gasteiger partial charge in [-0.1, -0.05) is 0 Å². The standard InChI is InChI=1S/C12H20N2O5S/c1-2-20(18,19)14-7-3-9(4-8-14)10(15)13-12(5-6-12)11(16)17/h9H,2-8H2,1H3,(H,13,15)(H,16,17). The number of nitrogens with one attached hydrogen (secondary N) is 1. The van der Waals surface area contributed by atoms with Crippen LogP contribution in [0.4, 0.5) is 0 Å². The van der Waals surface area contributed by atoms with Crippen LogP contribution in [0, 0.1) is 5.92 Å². The van der Waals surface area contributed by atoms with Gasteiger partial charge in [0.1, 0.15) is 5.54 Å². The third-order valence-electron chi connectivity index (χ3n) is 4.10. The van der Waals surface area contributed by atoms with Gasteiger partial charge in [0.25, 0.3) is 0 Å². The lowest BCUT2D eigenvalue weighted by atomic mass is 9.96. The number of hydrogen-bond donors (Lipinski definition) is 2. The van der Waals surface area contributed by atoms with E-state index in [1.165, 1.54) is 4.31 Å². The second-order valence-electron chi connectivity index (χ2n) is 5.45. The molecule has 0 unspecified atom stereocenters. The minimum absolute atomic E-state index is 0.0615. The van der Waals surface area contributed by atoms with Crippen molar-refractivity contribution >= 4 is 21.9 Å². The average Bonchev–Trinajstić information content (AvgIpc) is 3.20. The topological polar surface area (TPSA) is 104 Å². The SMILES string of the molecule is CCS(=O)(=O)N1CCC(C(=O)NC2(C(=O)O)CC2)CC1. The number of carbonyl (C=O) groups excluding carboxylic acids is 1. The van der Waals surface area contributed by atoms with E-state index in [0.29, 0.717) is 38.8 Å². The molecule has 2 rings (SSSR count). The summed E-state index contributed by atoms with van der Waals surface area (Å²) in [4.78, 5) is 23.1. The van der Waals surface area contributed by atoms with Crippen molar-refractivity contribution in [1.82, 2.24) is 9.62 Å². The van der Waals surface area contributed by atoms with Crippen molar-refractivity contribution in [2.45, 2.75) is 38.1 Å². The van der Waals surface area contributed by atoms with Crippen LogP contribution in [0.1, 0.15) is 32.6 Å². The summed E-state index contributed by atoms with van der Waals surface area (Å²) in [6, 6.07) is 0. The van der Waals surface area contributed by atoms with E-state index in [-0.39, 0.29) is 17.6 Å². The fourth-order valence-electron chi connectivity index (χ4n) is 2.43. The molecule has 0 radical (unpaired) electrons. The molecule has 20 heavy (non-hydrogen) atoms. The van der Waals surface area contributed by atoms with Crippen molar-refractivity contribution in [3.05, 3.63) is 0 Å². The molecule has 0 aromatic carbocycles. The molecule has 114 valence electrons. The molecule has 0 spiro atoms. The largest absolute Gasteiger partial charge is 0.480 e. The Morgan fingerprint density at radius 1 is 1.30 bits per heavy atom. The van der Waals surface area contributed by atoms with Crippen LogP contribution in [-0.2, 0) is 19.6 Å². The van der Waals surface area contributed by atoms with Gasteiger partial charge in [0.2, 0.25) is 15.9 Å². The molecular weight excluding hydrogens is 284 g/mol. The number of hydrogen-bond acceptors (Lipinski definition) is 4. The molecule has 2 fully saturated rings. The molecule has 2 aliphatic rings. The van der Waals surface area contributed by atoms with Crippen molar-refractivity contribution < 1.29 is 23.1 Å². The normalized spacial score (nSPS) is 23.2. The Labute approximate surface area is 118 Å². The van der Waals surface area contributed by atoms with Gasteiger partial charge in [0, 0.05) is 19.0 Å². The van der Waals surface area contributed by atoms with Crippen molar-refractivity contribution in [3.63, 3.8) is 0 Å². The number of piperidine rings is 1. The van der Waals surface area contributed by atoms with Crippen LogP contribution in [0.15, 0.2) is 0 Å². The van der Waals surface area contributed by atoms with E-state index in [1.54, 1.807) is 6.92 Å². The zero-order valence-electron chi connectivity index (χ0n) is 11.5. The van der Waals surface area contributed by atoms with Crippen molar-refractivity contribution in [2.75, 3.05) is 18.8 Å². The predicted octanol–water partition coefficient (Wildman–Crippen LogP) is -0.218. The Kier molecular flexibility index (Phi) is 4.06. The Morgan fingerprint density at radius 2 is 1.85 bits per heavy atom. The lowest BCUT2D eigenvalue weighted by Crippen LogP contribution is -2.49. The van der Waals surface area contributed by atoms with Crippen LogP contribution in [0.5, 0.6) is 0 Å². The van der Waals surface area contributed by atoms with Gasteiger partial charge < -0.3 is 10.4 Å². The number of carbonyl (C=O) groups is 2. The second-order valence-corrected chi connectivity index (χ2v) is 7.71. The summed E-state index contributed by atoms with van der Waals surface area (Å²) in [5.41, 5.74) is -1.07. The molecule has 1 heterocycles. The molecule has 2 N–H and O–H groups in total. The second kappa shape index (κ2) is 5.33. The van der Waals surface area contributed by atoms with Crippen LogP contribution in [-0.4, -0.2) is 54.1 Å². The zero-order valence-corrected chi connectivity index (χ0v) is 12.3.